The number of hydrogen-bond donors (Lipinski definition) is 2. The summed E-state index contributed by atoms with van der Waals surface area (Å²) in [6.07, 6.45) is 6.15. The maximum Gasteiger partial charge on any atom is 0.316 e. The summed E-state index contributed by atoms with van der Waals surface area (Å²) in [4.78, 5) is 18.1. The highest BCUT2D eigenvalue weighted by Gasteiger charge is 2.40. The molecule has 2 unspecified atom stereocenters. The van der Waals surface area contributed by atoms with Crippen LogP contribution in [0.25, 0.3) is 0 Å². The second-order valence-electron chi connectivity index (χ2n) is 9.60. The third-order valence-electron chi connectivity index (χ3n) is 6.63. The molecule has 1 saturated carbocycles. The van der Waals surface area contributed by atoms with Gasteiger partial charge in [0, 0.05) is 31.1 Å². The molecule has 4 nitrogen and oxygen atoms in total. The van der Waals surface area contributed by atoms with E-state index in [0.717, 1.165) is 43.7 Å². The number of nitrogens with zero attached hydrogens (tertiary/aromatic N) is 1. The van der Waals surface area contributed by atoms with Gasteiger partial charge in [0.2, 0.25) is 0 Å². The third-order valence-corrected chi connectivity index (χ3v) is 6.97. The molecule has 2 aromatic carbocycles. The molecule has 184 valence electrons. The Balaban J connectivity index is 1.89. The van der Waals surface area contributed by atoms with E-state index in [-0.39, 0.29) is 17.6 Å². The molecule has 1 heterocycles. The van der Waals surface area contributed by atoms with Gasteiger partial charge >= 0.3 is 6.03 Å². The van der Waals surface area contributed by atoms with E-state index in [1.807, 2.05) is 55.5 Å². The number of carbonyl (C=O) groups excluding carboxylic acids is 1. The number of aromatic nitrogens is 1. The molecular weight excluding hydrogens is 463 g/mol. The van der Waals surface area contributed by atoms with Crippen LogP contribution in [0.15, 0.2) is 66.9 Å². The summed E-state index contributed by atoms with van der Waals surface area (Å²) in [7, 11) is 2.52. The molecule has 1 fully saturated rings. The molecule has 0 bridgehead atoms. The molecule has 0 radical (unpaired) electrons. The van der Waals surface area contributed by atoms with E-state index >= 15 is 0 Å². The number of amides is 2. The molecule has 1 aliphatic rings. The Morgan fingerprint density at radius 3 is 2.37 bits per heavy atom. The zero-order chi connectivity index (χ0) is 25.1. The summed E-state index contributed by atoms with van der Waals surface area (Å²) < 4.78 is 29.0. The van der Waals surface area contributed by atoms with Crippen molar-refractivity contribution in [3.8, 4) is 0 Å². The van der Waals surface area contributed by atoms with Crippen molar-refractivity contribution in [1.29, 1.82) is 0 Å². The number of urea groups is 1. The van der Waals surface area contributed by atoms with Crippen molar-refractivity contribution in [2.45, 2.75) is 63.5 Å². The van der Waals surface area contributed by atoms with Gasteiger partial charge in [0.1, 0.15) is 5.54 Å². The van der Waals surface area contributed by atoms with E-state index in [1.54, 1.807) is 6.20 Å². The minimum absolute atomic E-state index is 0.109. The fraction of sp³-hybridized carbons (Fsp3) is 0.357. The smallest absolute Gasteiger partial charge is 0.316 e. The molecule has 7 heteroatoms. The Kier molecular flexibility index (Phi) is 7.51. The summed E-state index contributed by atoms with van der Waals surface area (Å²) in [5, 5.41) is 6.91. The van der Waals surface area contributed by atoms with Gasteiger partial charge in [0.05, 0.1) is 5.69 Å². The lowest BCUT2D eigenvalue weighted by Crippen LogP contribution is -2.54. The highest BCUT2D eigenvalue weighted by Crippen LogP contribution is 2.36. The van der Waals surface area contributed by atoms with Crippen LogP contribution in [0.1, 0.15) is 60.6 Å². The normalized spacial score (nSPS) is 16.0. The van der Waals surface area contributed by atoms with E-state index in [2.05, 4.69) is 19.9 Å². The molecule has 2 N–H and O–H groups in total. The Morgan fingerprint density at radius 2 is 1.74 bits per heavy atom. The molecule has 0 saturated heterocycles. The number of halogens is 2. The quantitative estimate of drug-likeness (QED) is 0.412. The number of pyridine rings is 1. The first-order valence-corrected chi connectivity index (χ1v) is 12.6. The Hall–Kier alpha value is -2.85. The van der Waals surface area contributed by atoms with Crippen molar-refractivity contribution in [1.82, 2.24) is 15.6 Å². The second kappa shape index (κ2) is 10.4. The fourth-order valence-electron chi connectivity index (χ4n) is 4.78. The van der Waals surface area contributed by atoms with Crippen molar-refractivity contribution in [3.05, 3.63) is 94.8 Å². The van der Waals surface area contributed by atoms with E-state index in [4.69, 9.17) is 4.98 Å². The number of rotatable bonds is 7. The van der Waals surface area contributed by atoms with Crippen LogP contribution in [-0.4, -0.2) is 17.1 Å². The van der Waals surface area contributed by atoms with Crippen LogP contribution < -0.4 is 15.9 Å². The average molecular weight is 496 g/mol. The summed E-state index contributed by atoms with van der Waals surface area (Å²) in [5.41, 5.74) is 1.80. The SMILES string of the molecule is Cc1ccc(C(Cc2ccccc2)(NC(=O)NC2CCCC2)c2cc(P)cc(C(C)(F)F)c2)nc1. The van der Waals surface area contributed by atoms with E-state index in [0.29, 0.717) is 23.0 Å². The predicted octanol–water partition coefficient (Wildman–Crippen LogP) is 5.73. The number of benzene rings is 2. The van der Waals surface area contributed by atoms with Crippen LogP contribution >= 0.6 is 9.24 Å². The molecule has 1 aliphatic carbocycles. The number of aryl methyl sites for hydroxylation is 1. The fourth-order valence-corrected chi connectivity index (χ4v) is 5.14. The van der Waals surface area contributed by atoms with Gasteiger partial charge in [0.15, 0.2) is 0 Å². The molecule has 0 spiro atoms. The van der Waals surface area contributed by atoms with Crippen molar-refractivity contribution >= 4 is 20.6 Å². The zero-order valence-corrected chi connectivity index (χ0v) is 21.3. The summed E-state index contributed by atoms with van der Waals surface area (Å²) in [5.74, 6) is -3.04. The van der Waals surface area contributed by atoms with Crippen LogP contribution in [-0.2, 0) is 17.9 Å². The first kappa shape index (κ1) is 25.2. The highest BCUT2D eigenvalue weighted by atomic mass is 31.0. The predicted molar refractivity (Wildman–Crippen MR) is 139 cm³/mol. The van der Waals surface area contributed by atoms with E-state index < -0.39 is 11.5 Å². The topological polar surface area (TPSA) is 54.0 Å². The van der Waals surface area contributed by atoms with Gasteiger partial charge in [0.25, 0.3) is 5.92 Å². The van der Waals surface area contributed by atoms with Crippen LogP contribution in [0.4, 0.5) is 13.6 Å². The molecule has 1 aromatic heterocycles. The second-order valence-corrected chi connectivity index (χ2v) is 10.3. The standard InChI is InChI=1S/C28H32F2N3OP/c1-19-12-13-25(31-18-19)28(17-20-8-4-3-5-9-20,33-26(34)32-23-10-6-7-11-23)22-14-21(27(2,29)30)15-24(35)16-22/h3-5,8-9,12-16,18,23H,6-7,10-11,17,35H2,1-2H3,(H2,32,33,34). The van der Waals surface area contributed by atoms with Gasteiger partial charge in [-0.3, -0.25) is 4.98 Å². The molecule has 0 aliphatic heterocycles. The van der Waals surface area contributed by atoms with Crippen molar-refractivity contribution < 1.29 is 13.6 Å². The monoisotopic (exact) mass is 495 g/mol. The highest BCUT2D eigenvalue weighted by molar-refractivity contribution is 7.27. The Labute approximate surface area is 208 Å². The maximum atomic E-state index is 14.5. The van der Waals surface area contributed by atoms with Gasteiger partial charge in [-0.05, 0) is 66.0 Å². The Bertz CT molecular complexity index is 1160. The molecule has 2 amide bonds. The van der Waals surface area contributed by atoms with Crippen LogP contribution in [0.2, 0.25) is 0 Å². The zero-order valence-electron chi connectivity index (χ0n) is 20.2. The van der Waals surface area contributed by atoms with Gasteiger partial charge in [-0.15, -0.1) is 9.24 Å². The van der Waals surface area contributed by atoms with E-state index in [1.165, 1.54) is 12.1 Å². The molecule has 4 rings (SSSR count). The molecule has 2 atom stereocenters. The lowest BCUT2D eigenvalue weighted by atomic mass is 9.79. The number of hydrogen-bond acceptors (Lipinski definition) is 2. The van der Waals surface area contributed by atoms with Crippen molar-refractivity contribution in [3.63, 3.8) is 0 Å². The molecular formula is C28H32F2N3OP. The van der Waals surface area contributed by atoms with Gasteiger partial charge in [-0.1, -0.05) is 49.2 Å². The minimum Gasteiger partial charge on any atom is -0.335 e. The van der Waals surface area contributed by atoms with Crippen molar-refractivity contribution in [2.24, 2.45) is 0 Å². The third kappa shape index (κ3) is 6.05. The Morgan fingerprint density at radius 1 is 1.06 bits per heavy atom. The number of carbonyl (C=O) groups is 1. The molecule has 35 heavy (non-hydrogen) atoms. The first-order chi connectivity index (χ1) is 16.7. The van der Waals surface area contributed by atoms with E-state index in [9.17, 15) is 13.6 Å². The lowest BCUT2D eigenvalue weighted by Gasteiger charge is -2.36. The largest absolute Gasteiger partial charge is 0.335 e. The minimum atomic E-state index is -3.04. The van der Waals surface area contributed by atoms with Crippen LogP contribution in [0, 0.1) is 6.92 Å². The summed E-state index contributed by atoms with van der Waals surface area (Å²) in [6, 6.07) is 18.1. The van der Waals surface area contributed by atoms with Crippen molar-refractivity contribution in [2.75, 3.05) is 0 Å². The number of nitrogens with one attached hydrogen (secondary N) is 2. The molecule has 3 aromatic rings. The van der Waals surface area contributed by atoms with Gasteiger partial charge in [-0.25, -0.2) is 13.6 Å². The summed E-state index contributed by atoms with van der Waals surface area (Å²) >= 11 is 0. The van der Waals surface area contributed by atoms with Crippen LogP contribution in [0.3, 0.4) is 0 Å². The maximum absolute atomic E-state index is 14.5. The lowest BCUT2D eigenvalue weighted by molar-refractivity contribution is 0.0174. The van der Waals surface area contributed by atoms with Gasteiger partial charge < -0.3 is 10.6 Å². The van der Waals surface area contributed by atoms with Gasteiger partial charge in [-0.2, -0.15) is 0 Å². The number of alkyl halides is 2. The first-order valence-electron chi connectivity index (χ1n) is 12.0. The average Bonchev–Trinajstić information content (AvgIpc) is 3.31. The van der Waals surface area contributed by atoms with Crippen LogP contribution in [0.5, 0.6) is 0 Å². The summed E-state index contributed by atoms with van der Waals surface area (Å²) in [6.45, 7) is 2.83.